The molecule has 0 heterocycles. The third-order valence-corrected chi connectivity index (χ3v) is 3.25. The molecule has 0 fully saturated rings. The Morgan fingerprint density at radius 1 is 1.00 bits per heavy atom. The van der Waals surface area contributed by atoms with Crippen LogP contribution in [-0.4, -0.2) is 17.9 Å². The number of allylic oxidation sites excluding steroid dienone is 1. The van der Waals surface area contributed by atoms with Gasteiger partial charge < -0.3 is 5.32 Å². The molecular formula is C17H11ClF3NO2. The van der Waals surface area contributed by atoms with Crippen LogP contribution in [0.5, 0.6) is 0 Å². The van der Waals surface area contributed by atoms with E-state index in [4.69, 9.17) is 11.6 Å². The van der Waals surface area contributed by atoms with Gasteiger partial charge in [-0.3, -0.25) is 9.59 Å². The van der Waals surface area contributed by atoms with Crippen molar-refractivity contribution >= 4 is 35.1 Å². The van der Waals surface area contributed by atoms with Crippen molar-refractivity contribution in [1.82, 2.24) is 0 Å². The van der Waals surface area contributed by atoms with Gasteiger partial charge in [0.25, 0.3) is 0 Å². The first kappa shape index (κ1) is 17.7. The van der Waals surface area contributed by atoms with Crippen molar-refractivity contribution in [3.8, 4) is 0 Å². The molecule has 0 saturated heterocycles. The minimum Gasteiger partial charge on any atom is -0.318 e. The van der Waals surface area contributed by atoms with Crippen molar-refractivity contribution in [1.29, 1.82) is 0 Å². The highest BCUT2D eigenvalue weighted by Gasteiger charge is 2.39. The smallest absolute Gasteiger partial charge is 0.318 e. The van der Waals surface area contributed by atoms with E-state index in [-0.39, 0.29) is 11.3 Å². The zero-order valence-electron chi connectivity index (χ0n) is 12.1. The lowest BCUT2D eigenvalue weighted by Crippen LogP contribution is -2.30. The molecule has 2 rings (SSSR count). The van der Waals surface area contributed by atoms with Crippen LogP contribution in [-0.2, 0) is 4.79 Å². The number of nitrogens with one attached hydrogen (secondary N) is 1. The zero-order valence-corrected chi connectivity index (χ0v) is 12.9. The summed E-state index contributed by atoms with van der Waals surface area (Å²) in [5.41, 5.74) is 0.454. The first-order valence-electron chi connectivity index (χ1n) is 6.72. The number of alkyl halides is 3. The van der Waals surface area contributed by atoms with Gasteiger partial charge in [0.2, 0.25) is 0 Å². The van der Waals surface area contributed by atoms with Crippen LogP contribution in [0, 0.1) is 0 Å². The fourth-order valence-electron chi connectivity index (χ4n) is 1.84. The summed E-state index contributed by atoms with van der Waals surface area (Å²) in [7, 11) is 0. The summed E-state index contributed by atoms with van der Waals surface area (Å²) in [6, 6.07) is 12.1. The molecule has 1 N–H and O–H groups in total. The van der Waals surface area contributed by atoms with E-state index < -0.39 is 17.9 Å². The van der Waals surface area contributed by atoms with E-state index in [0.29, 0.717) is 10.6 Å². The molecule has 3 nitrogen and oxygen atoms in total. The predicted molar refractivity (Wildman–Crippen MR) is 85.9 cm³/mol. The first-order chi connectivity index (χ1) is 11.3. The third kappa shape index (κ3) is 4.70. The molecule has 0 aliphatic carbocycles. The fraction of sp³-hybridized carbons (Fsp3) is 0.0588. The summed E-state index contributed by atoms with van der Waals surface area (Å²) in [5, 5.41) is 2.24. The van der Waals surface area contributed by atoms with Crippen molar-refractivity contribution in [3.63, 3.8) is 0 Å². The Bertz CT molecular complexity index is 783. The standard InChI is InChI=1S/C17H11ClF3NO2/c18-12-8-5-11(6-9-12)7-10-15(23)13-3-1-2-4-14(13)22-16(24)17(19,20)21/h1-10H,(H,22,24)/b10-7+. The molecule has 2 aromatic rings. The number of carbonyl (C=O) groups is 2. The normalized spacial score (nSPS) is 11.5. The van der Waals surface area contributed by atoms with Crippen molar-refractivity contribution in [2.24, 2.45) is 0 Å². The highest BCUT2D eigenvalue weighted by Crippen LogP contribution is 2.22. The van der Waals surface area contributed by atoms with Gasteiger partial charge in [-0.05, 0) is 35.9 Å². The molecule has 0 aromatic heterocycles. The van der Waals surface area contributed by atoms with E-state index in [0.717, 1.165) is 0 Å². The minimum atomic E-state index is -5.03. The highest BCUT2D eigenvalue weighted by molar-refractivity contribution is 6.30. The number of anilines is 1. The SMILES string of the molecule is O=C(/C=C/c1ccc(Cl)cc1)c1ccccc1NC(=O)C(F)(F)F. The average Bonchev–Trinajstić information content (AvgIpc) is 2.53. The minimum absolute atomic E-state index is 0.0414. The summed E-state index contributed by atoms with van der Waals surface area (Å²) >= 11 is 5.75. The van der Waals surface area contributed by atoms with E-state index in [1.165, 1.54) is 36.4 Å². The molecule has 0 unspecified atom stereocenters. The Morgan fingerprint density at radius 3 is 2.25 bits per heavy atom. The van der Waals surface area contributed by atoms with Gasteiger partial charge in [-0.1, -0.05) is 41.9 Å². The fourth-order valence-corrected chi connectivity index (χ4v) is 1.96. The second kappa shape index (κ2) is 7.31. The maximum absolute atomic E-state index is 12.3. The molecule has 0 atom stereocenters. The lowest BCUT2D eigenvalue weighted by molar-refractivity contribution is -0.167. The van der Waals surface area contributed by atoms with Crippen LogP contribution in [0.1, 0.15) is 15.9 Å². The van der Waals surface area contributed by atoms with Gasteiger partial charge in [0, 0.05) is 10.6 Å². The zero-order chi connectivity index (χ0) is 17.7. The van der Waals surface area contributed by atoms with Crippen LogP contribution in [0.2, 0.25) is 5.02 Å². The van der Waals surface area contributed by atoms with Crippen LogP contribution in [0.25, 0.3) is 6.08 Å². The largest absolute Gasteiger partial charge is 0.471 e. The van der Waals surface area contributed by atoms with E-state index in [1.807, 2.05) is 0 Å². The van der Waals surface area contributed by atoms with Crippen molar-refractivity contribution in [2.45, 2.75) is 6.18 Å². The summed E-state index contributed by atoms with van der Waals surface area (Å²) in [6.07, 6.45) is -2.32. The maximum atomic E-state index is 12.3. The van der Waals surface area contributed by atoms with Crippen molar-refractivity contribution in [3.05, 3.63) is 70.8 Å². The number of hydrogen-bond donors (Lipinski definition) is 1. The average molecular weight is 354 g/mol. The van der Waals surface area contributed by atoms with Gasteiger partial charge in [-0.2, -0.15) is 13.2 Å². The van der Waals surface area contributed by atoms with E-state index >= 15 is 0 Å². The van der Waals surface area contributed by atoms with Gasteiger partial charge in [-0.15, -0.1) is 0 Å². The Hall–Kier alpha value is -2.60. The second-order valence-electron chi connectivity index (χ2n) is 4.75. The lowest BCUT2D eigenvalue weighted by Gasteiger charge is -2.10. The topological polar surface area (TPSA) is 46.2 Å². The summed E-state index contributed by atoms with van der Waals surface area (Å²) in [5.74, 6) is -2.67. The molecule has 0 aliphatic rings. The number of benzene rings is 2. The number of ketones is 1. The molecule has 0 radical (unpaired) electrons. The molecular weight excluding hydrogens is 343 g/mol. The van der Waals surface area contributed by atoms with E-state index in [1.54, 1.807) is 29.6 Å². The molecule has 124 valence electrons. The van der Waals surface area contributed by atoms with Crippen molar-refractivity contribution in [2.75, 3.05) is 5.32 Å². The highest BCUT2D eigenvalue weighted by atomic mass is 35.5. The molecule has 24 heavy (non-hydrogen) atoms. The van der Waals surface area contributed by atoms with Crippen LogP contribution in [0.4, 0.5) is 18.9 Å². The molecule has 0 saturated carbocycles. The Morgan fingerprint density at radius 2 is 1.62 bits per heavy atom. The van der Waals surface area contributed by atoms with Gasteiger partial charge >= 0.3 is 12.1 Å². The number of carbonyl (C=O) groups excluding carboxylic acids is 2. The summed E-state index contributed by atoms with van der Waals surface area (Å²) in [6.45, 7) is 0. The van der Waals surface area contributed by atoms with Crippen LogP contribution < -0.4 is 5.32 Å². The monoisotopic (exact) mass is 353 g/mol. The van der Waals surface area contributed by atoms with Crippen molar-refractivity contribution < 1.29 is 22.8 Å². The Kier molecular flexibility index (Phi) is 5.41. The summed E-state index contributed by atoms with van der Waals surface area (Å²) < 4.78 is 37.0. The van der Waals surface area contributed by atoms with Gasteiger partial charge in [0.1, 0.15) is 0 Å². The molecule has 2 aromatic carbocycles. The first-order valence-corrected chi connectivity index (χ1v) is 7.10. The van der Waals surface area contributed by atoms with Crippen LogP contribution in [0.15, 0.2) is 54.6 Å². The molecule has 0 bridgehead atoms. The molecule has 1 amide bonds. The number of hydrogen-bond acceptors (Lipinski definition) is 2. The molecule has 0 spiro atoms. The Labute approximate surface area is 140 Å². The number of rotatable bonds is 4. The third-order valence-electron chi connectivity index (χ3n) is 3.00. The number of amides is 1. The number of halogens is 4. The second-order valence-corrected chi connectivity index (χ2v) is 5.18. The molecule has 0 aliphatic heterocycles. The van der Waals surface area contributed by atoms with Gasteiger partial charge in [0.15, 0.2) is 5.78 Å². The maximum Gasteiger partial charge on any atom is 0.471 e. The van der Waals surface area contributed by atoms with E-state index in [9.17, 15) is 22.8 Å². The predicted octanol–water partition coefficient (Wildman–Crippen LogP) is 4.74. The van der Waals surface area contributed by atoms with E-state index in [2.05, 4.69) is 0 Å². The van der Waals surface area contributed by atoms with Crippen LogP contribution >= 0.6 is 11.6 Å². The van der Waals surface area contributed by atoms with Crippen LogP contribution in [0.3, 0.4) is 0 Å². The van der Waals surface area contributed by atoms with Gasteiger partial charge in [0.05, 0.1) is 5.69 Å². The quantitative estimate of drug-likeness (QED) is 0.637. The summed E-state index contributed by atoms with van der Waals surface area (Å²) in [4.78, 5) is 23.2. The molecule has 7 heteroatoms. The lowest BCUT2D eigenvalue weighted by atomic mass is 10.1. The Balaban J connectivity index is 2.20. The number of para-hydroxylation sites is 1. The van der Waals surface area contributed by atoms with Gasteiger partial charge in [-0.25, -0.2) is 0 Å².